The van der Waals surface area contributed by atoms with Crippen LogP contribution >= 0.6 is 43.6 Å². The Morgan fingerprint density at radius 3 is 2.65 bits per heavy atom. The van der Waals surface area contributed by atoms with Crippen molar-refractivity contribution in [3.63, 3.8) is 0 Å². The van der Waals surface area contributed by atoms with Gasteiger partial charge in [-0.2, -0.15) is 0 Å². The molecule has 0 radical (unpaired) electrons. The minimum atomic E-state index is -0.900. The van der Waals surface area contributed by atoms with Crippen molar-refractivity contribution in [2.45, 2.75) is 10.6 Å². The number of nitrogens with one attached hydrogen (secondary N) is 1. The lowest BCUT2D eigenvalue weighted by molar-refractivity contribution is 0.506. The lowest BCUT2D eigenvalue weighted by Gasteiger charge is -2.06. The molecular formula is C15H8Br2F2N2OS. The average Bonchev–Trinajstić information content (AvgIpc) is 2.49. The third kappa shape index (κ3) is 3.64. The molecule has 0 aliphatic heterocycles. The molecule has 0 saturated heterocycles. The lowest BCUT2D eigenvalue weighted by Crippen LogP contribution is -2.11. The molecule has 3 aromatic rings. The third-order valence-electron chi connectivity index (χ3n) is 3.04. The average molecular weight is 462 g/mol. The first-order valence-corrected chi connectivity index (χ1v) is 8.97. The molecule has 3 rings (SSSR count). The summed E-state index contributed by atoms with van der Waals surface area (Å²) in [6, 6.07) is 7.17. The van der Waals surface area contributed by atoms with E-state index in [2.05, 4.69) is 41.8 Å². The quantitative estimate of drug-likeness (QED) is 0.557. The molecule has 0 bridgehead atoms. The number of benzene rings is 2. The lowest BCUT2D eigenvalue weighted by atomic mass is 10.2. The van der Waals surface area contributed by atoms with Crippen molar-refractivity contribution in [3.05, 3.63) is 67.1 Å². The SMILES string of the molecule is O=c1[nH]c(CSc2ccc(F)c(F)c2)nc2c(Br)cc(Br)cc12. The van der Waals surface area contributed by atoms with Gasteiger partial charge in [-0.3, -0.25) is 4.79 Å². The number of aromatic nitrogens is 2. The summed E-state index contributed by atoms with van der Waals surface area (Å²) in [5.41, 5.74) is 0.302. The summed E-state index contributed by atoms with van der Waals surface area (Å²) in [7, 11) is 0. The first-order chi connectivity index (χ1) is 10.9. The molecular weight excluding hydrogens is 454 g/mol. The van der Waals surface area contributed by atoms with Gasteiger partial charge in [0.15, 0.2) is 11.6 Å². The number of aromatic amines is 1. The summed E-state index contributed by atoms with van der Waals surface area (Å²) in [5, 5.41) is 0.466. The second-order valence-electron chi connectivity index (χ2n) is 4.66. The molecule has 1 N–H and O–H groups in total. The topological polar surface area (TPSA) is 45.8 Å². The number of H-pyrrole nitrogens is 1. The Hall–Kier alpha value is -1.25. The Labute approximate surface area is 150 Å². The van der Waals surface area contributed by atoms with Crippen molar-refractivity contribution in [2.75, 3.05) is 0 Å². The van der Waals surface area contributed by atoms with E-state index in [0.717, 1.165) is 16.6 Å². The van der Waals surface area contributed by atoms with E-state index in [0.29, 0.717) is 31.8 Å². The molecule has 0 amide bonds. The Morgan fingerprint density at radius 1 is 1.13 bits per heavy atom. The maximum absolute atomic E-state index is 13.2. The Balaban J connectivity index is 1.91. The van der Waals surface area contributed by atoms with Gasteiger partial charge >= 0.3 is 0 Å². The fourth-order valence-electron chi connectivity index (χ4n) is 2.00. The molecule has 3 nitrogen and oxygen atoms in total. The van der Waals surface area contributed by atoms with Gasteiger partial charge in [0, 0.05) is 13.8 Å². The standard InChI is InChI=1S/C15H8Br2F2N2OS/c16-7-3-9-14(10(17)4-7)20-13(21-15(9)22)6-23-8-1-2-11(18)12(19)5-8/h1-5H,6H2,(H,20,21,22). The fraction of sp³-hybridized carbons (Fsp3) is 0.0667. The van der Waals surface area contributed by atoms with Crippen LogP contribution in [0.1, 0.15) is 5.82 Å². The van der Waals surface area contributed by atoms with E-state index in [-0.39, 0.29) is 5.56 Å². The molecule has 23 heavy (non-hydrogen) atoms. The van der Waals surface area contributed by atoms with Crippen LogP contribution in [0.2, 0.25) is 0 Å². The molecule has 0 aliphatic carbocycles. The van der Waals surface area contributed by atoms with Crippen molar-refractivity contribution in [3.8, 4) is 0 Å². The van der Waals surface area contributed by atoms with Gasteiger partial charge in [-0.15, -0.1) is 11.8 Å². The highest BCUT2D eigenvalue weighted by Gasteiger charge is 2.10. The second kappa shape index (κ2) is 6.70. The predicted molar refractivity (Wildman–Crippen MR) is 93.7 cm³/mol. The fourth-order valence-corrected chi connectivity index (χ4v) is 4.11. The highest BCUT2D eigenvalue weighted by Crippen LogP contribution is 2.27. The van der Waals surface area contributed by atoms with Gasteiger partial charge in [-0.05, 0) is 46.3 Å². The van der Waals surface area contributed by atoms with E-state index >= 15 is 0 Å². The van der Waals surface area contributed by atoms with Crippen LogP contribution in [0.15, 0.2) is 49.0 Å². The van der Waals surface area contributed by atoms with Crippen LogP contribution < -0.4 is 5.56 Å². The number of halogens is 4. The van der Waals surface area contributed by atoms with Crippen LogP contribution in [-0.4, -0.2) is 9.97 Å². The first kappa shape index (κ1) is 16.6. The van der Waals surface area contributed by atoms with Gasteiger partial charge in [0.25, 0.3) is 5.56 Å². The number of nitrogens with zero attached hydrogens (tertiary/aromatic N) is 1. The normalized spacial score (nSPS) is 11.1. The van der Waals surface area contributed by atoms with E-state index in [1.54, 1.807) is 12.1 Å². The number of fused-ring (bicyclic) bond motifs is 1. The van der Waals surface area contributed by atoms with Crippen molar-refractivity contribution in [1.82, 2.24) is 9.97 Å². The maximum Gasteiger partial charge on any atom is 0.258 e. The molecule has 118 valence electrons. The molecule has 0 atom stereocenters. The number of thioether (sulfide) groups is 1. The van der Waals surface area contributed by atoms with Crippen LogP contribution in [-0.2, 0) is 5.75 Å². The van der Waals surface area contributed by atoms with Crippen LogP contribution in [0, 0.1) is 11.6 Å². The van der Waals surface area contributed by atoms with Crippen LogP contribution in [0.3, 0.4) is 0 Å². The smallest absolute Gasteiger partial charge is 0.258 e. The monoisotopic (exact) mass is 460 g/mol. The molecule has 0 saturated carbocycles. The van der Waals surface area contributed by atoms with Gasteiger partial charge < -0.3 is 4.98 Å². The van der Waals surface area contributed by atoms with Gasteiger partial charge in [0.2, 0.25) is 0 Å². The van der Waals surface area contributed by atoms with E-state index in [1.807, 2.05) is 0 Å². The minimum absolute atomic E-state index is 0.252. The number of rotatable bonds is 3. The van der Waals surface area contributed by atoms with Gasteiger partial charge in [0.05, 0.1) is 16.7 Å². The summed E-state index contributed by atoms with van der Waals surface area (Å²) in [6.07, 6.45) is 0. The van der Waals surface area contributed by atoms with Crippen molar-refractivity contribution in [1.29, 1.82) is 0 Å². The van der Waals surface area contributed by atoms with Crippen molar-refractivity contribution in [2.24, 2.45) is 0 Å². The molecule has 0 fully saturated rings. The van der Waals surface area contributed by atoms with Gasteiger partial charge in [0.1, 0.15) is 5.82 Å². The van der Waals surface area contributed by atoms with E-state index in [4.69, 9.17) is 0 Å². The van der Waals surface area contributed by atoms with Crippen LogP contribution in [0.5, 0.6) is 0 Å². The van der Waals surface area contributed by atoms with E-state index in [9.17, 15) is 13.6 Å². The van der Waals surface area contributed by atoms with E-state index < -0.39 is 11.6 Å². The Morgan fingerprint density at radius 2 is 1.91 bits per heavy atom. The molecule has 8 heteroatoms. The summed E-state index contributed by atoms with van der Waals surface area (Å²) in [6.45, 7) is 0. The van der Waals surface area contributed by atoms with Crippen LogP contribution in [0.25, 0.3) is 10.9 Å². The molecule has 2 aromatic carbocycles. The van der Waals surface area contributed by atoms with Crippen LogP contribution in [0.4, 0.5) is 8.78 Å². The Kier molecular flexibility index (Phi) is 4.84. The molecule has 0 aliphatic rings. The highest BCUT2D eigenvalue weighted by molar-refractivity contribution is 9.11. The predicted octanol–water partition coefficient (Wildman–Crippen LogP) is 5.02. The molecule has 0 spiro atoms. The maximum atomic E-state index is 13.2. The van der Waals surface area contributed by atoms with Crippen molar-refractivity contribution >= 4 is 54.5 Å². The van der Waals surface area contributed by atoms with Gasteiger partial charge in [-0.1, -0.05) is 15.9 Å². The number of hydrogen-bond acceptors (Lipinski definition) is 3. The second-order valence-corrected chi connectivity index (χ2v) is 7.48. The molecule has 1 heterocycles. The highest BCUT2D eigenvalue weighted by atomic mass is 79.9. The summed E-state index contributed by atoms with van der Waals surface area (Å²) >= 11 is 7.97. The van der Waals surface area contributed by atoms with Gasteiger partial charge in [-0.25, -0.2) is 13.8 Å². The first-order valence-electron chi connectivity index (χ1n) is 6.40. The number of hydrogen-bond donors (Lipinski definition) is 1. The summed E-state index contributed by atoms with van der Waals surface area (Å²) in [5.74, 6) is -0.998. The zero-order chi connectivity index (χ0) is 16.6. The zero-order valence-corrected chi connectivity index (χ0v) is 15.4. The van der Waals surface area contributed by atoms with Crippen molar-refractivity contribution < 1.29 is 8.78 Å². The summed E-state index contributed by atoms with van der Waals surface area (Å²) < 4.78 is 27.6. The molecule has 0 unspecified atom stereocenters. The Bertz CT molecular complexity index is 962. The summed E-state index contributed by atoms with van der Waals surface area (Å²) in [4.78, 5) is 19.8. The molecule has 1 aromatic heterocycles. The zero-order valence-electron chi connectivity index (χ0n) is 11.4. The third-order valence-corrected chi connectivity index (χ3v) is 5.11. The largest absolute Gasteiger partial charge is 0.309 e. The van der Waals surface area contributed by atoms with E-state index in [1.165, 1.54) is 17.8 Å². The minimum Gasteiger partial charge on any atom is -0.309 e.